The van der Waals surface area contributed by atoms with Crippen molar-refractivity contribution in [2.24, 2.45) is 0 Å². The summed E-state index contributed by atoms with van der Waals surface area (Å²) in [4.78, 5) is 20.7. The zero-order chi connectivity index (χ0) is 25.2. The average molecular weight is 506 g/mol. The molecule has 2 N–H and O–H groups in total. The van der Waals surface area contributed by atoms with Crippen LogP contribution in [-0.2, 0) is 4.74 Å². The number of benzene rings is 1. The van der Waals surface area contributed by atoms with E-state index in [4.69, 9.17) is 17.0 Å². The van der Waals surface area contributed by atoms with Crippen LogP contribution in [0.5, 0.6) is 0 Å². The number of nitrogens with zero attached hydrogens (tertiary/aromatic N) is 4. The van der Waals surface area contributed by atoms with Crippen molar-refractivity contribution < 1.29 is 14.6 Å². The number of thiocarbonyl (C=S) groups is 1. The van der Waals surface area contributed by atoms with E-state index in [1.807, 2.05) is 36.5 Å². The van der Waals surface area contributed by atoms with E-state index in [0.29, 0.717) is 0 Å². The van der Waals surface area contributed by atoms with Crippen LogP contribution in [-0.4, -0.2) is 74.9 Å². The second kappa shape index (κ2) is 10.4. The molecule has 4 heterocycles. The molecule has 2 aliphatic rings. The monoisotopic (exact) mass is 505 g/mol. The fourth-order valence-corrected chi connectivity index (χ4v) is 5.63. The third kappa shape index (κ3) is 4.74. The van der Waals surface area contributed by atoms with Gasteiger partial charge in [0.2, 0.25) is 0 Å². The molecule has 3 aromatic rings. The highest BCUT2D eigenvalue weighted by Gasteiger charge is 2.41. The number of aromatic carboxylic acids is 1. The Kier molecular flexibility index (Phi) is 7.04. The summed E-state index contributed by atoms with van der Waals surface area (Å²) in [7, 11) is 0. The molecule has 0 aliphatic carbocycles. The van der Waals surface area contributed by atoms with Gasteiger partial charge in [0.15, 0.2) is 5.11 Å². The highest BCUT2D eigenvalue weighted by Crippen LogP contribution is 2.41. The molecule has 0 amide bonds. The Morgan fingerprint density at radius 2 is 1.89 bits per heavy atom. The topological polar surface area (TPSA) is 82.9 Å². The van der Waals surface area contributed by atoms with Crippen LogP contribution in [0.1, 0.15) is 45.1 Å². The molecule has 36 heavy (non-hydrogen) atoms. The summed E-state index contributed by atoms with van der Waals surface area (Å²) in [5.41, 5.74) is 5.52. The molecule has 1 aromatic carbocycles. The van der Waals surface area contributed by atoms with Gasteiger partial charge in [-0.15, -0.1) is 0 Å². The molecule has 0 spiro atoms. The lowest BCUT2D eigenvalue weighted by Gasteiger charge is -2.32. The van der Waals surface area contributed by atoms with Crippen molar-refractivity contribution >= 4 is 23.3 Å². The molecule has 2 aliphatic heterocycles. The number of nitrogens with one attached hydrogen (secondary N) is 1. The summed E-state index contributed by atoms with van der Waals surface area (Å²) < 4.78 is 7.69. The molecule has 2 unspecified atom stereocenters. The molecular formula is C27H31N5O3S. The van der Waals surface area contributed by atoms with E-state index in [1.165, 1.54) is 5.56 Å². The number of pyridine rings is 1. The highest BCUT2D eigenvalue weighted by molar-refractivity contribution is 7.80. The number of aryl methyl sites for hydroxylation is 1. The Morgan fingerprint density at radius 1 is 1.14 bits per heavy atom. The number of carbonyl (C=O) groups is 1. The van der Waals surface area contributed by atoms with Gasteiger partial charge in [0.1, 0.15) is 0 Å². The molecule has 2 saturated heterocycles. The quantitative estimate of drug-likeness (QED) is 0.473. The van der Waals surface area contributed by atoms with E-state index in [2.05, 4.69) is 44.6 Å². The van der Waals surface area contributed by atoms with Gasteiger partial charge in [-0.05, 0) is 74.1 Å². The van der Waals surface area contributed by atoms with Gasteiger partial charge in [0, 0.05) is 49.5 Å². The maximum absolute atomic E-state index is 11.3. The minimum absolute atomic E-state index is 0.0216. The first kappa shape index (κ1) is 24.4. The Bertz CT molecular complexity index is 1240. The molecule has 2 atom stereocenters. The number of rotatable bonds is 7. The van der Waals surface area contributed by atoms with Gasteiger partial charge in [-0.25, -0.2) is 4.79 Å². The first-order chi connectivity index (χ1) is 17.4. The maximum atomic E-state index is 11.3. The van der Waals surface area contributed by atoms with Crippen LogP contribution in [0.4, 0.5) is 0 Å². The number of hydrogen-bond donors (Lipinski definition) is 2. The number of aromatic nitrogens is 2. The first-order valence-electron chi connectivity index (χ1n) is 12.2. The summed E-state index contributed by atoms with van der Waals surface area (Å²) in [6.45, 7) is 9.31. The van der Waals surface area contributed by atoms with Crippen LogP contribution in [0.25, 0.3) is 5.69 Å². The molecule has 2 aromatic heterocycles. The van der Waals surface area contributed by atoms with Gasteiger partial charge >= 0.3 is 5.97 Å². The van der Waals surface area contributed by atoms with Crippen molar-refractivity contribution in [3.05, 3.63) is 82.9 Å². The SMILES string of the molecule is Cc1cc(C2C(c3ccccn3)NC(=S)N2CCN2CCOCC2)c(C)n1-c1ccc(C(=O)O)cc1. The van der Waals surface area contributed by atoms with Crippen molar-refractivity contribution in [2.75, 3.05) is 39.4 Å². The Hall–Kier alpha value is -3.27. The van der Waals surface area contributed by atoms with Crippen LogP contribution < -0.4 is 5.32 Å². The normalized spacial score (nSPS) is 20.5. The number of carboxylic acids is 1. The smallest absolute Gasteiger partial charge is 0.335 e. The fraction of sp³-hybridized carbons (Fsp3) is 0.370. The maximum Gasteiger partial charge on any atom is 0.335 e. The van der Waals surface area contributed by atoms with Crippen molar-refractivity contribution in [3.8, 4) is 5.69 Å². The zero-order valence-electron chi connectivity index (χ0n) is 20.6. The number of carboxylic acid groups (broad SMARTS) is 1. The summed E-state index contributed by atoms with van der Waals surface area (Å²) in [5.74, 6) is -0.928. The predicted octanol–water partition coefficient (Wildman–Crippen LogP) is 3.49. The molecule has 5 rings (SSSR count). The van der Waals surface area contributed by atoms with Gasteiger partial charge in [-0.2, -0.15) is 0 Å². The lowest BCUT2D eigenvalue weighted by Crippen LogP contribution is -2.42. The first-order valence-corrected chi connectivity index (χ1v) is 12.7. The van der Waals surface area contributed by atoms with Crippen LogP contribution in [0.15, 0.2) is 54.7 Å². The number of ether oxygens (including phenoxy) is 1. The van der Waals surface area contributed by atoms with E-state index >= 15 is 0 Å². The van der Waals surface area contributed by atoms with Crippen LogP contribution in [0.3, 0.4) is 0 Å². The van der Waals surface area contributed by atoms with Gasteiger partial charge in [-0.1, -0.05) is 6.07 Å². The summed E-state index contributed by atoms with van der Waals surface area (Å²) in [6, 6.07) is 15.1. The van der Waals surface area contributed by atoms with Crippen LogP contribution in [0.2, 0.25) is 0 Å². The number of hydrogen-bond acceptors (Lipinski definition) is 5. The Labute approximate surface area is 216 Å². The van der Waals surface area contributed by atoms with E-state index in [1.54, 1.807) is 12.1 Å². The third-order valence-corrected chi connectivity index (χ3v) is 7.47. The largest absolute Gasteiger partial charge is 0.478 e. The van der Waals surface area contributed by atoms with Crippen LogP contribution in [0, 0.1) is 13.8 Å². The molecule has 0 bridgehead atoms. The summed E-state index contributed by atoms with van der Waals surface area (Å²) in [5, 5.41) is 13.6. The van der Waals surface area contributed by atoms with Crippen LogP contribution >= 0.6 is 12.2 Å². The highest BCUT2D eigenvalue weighted by atomic mass is 32.1. The minimum atomic E-state index is -0.928. The third-order valence-electron chi connectivity index (χ3n) is 7.12. The number of morpholine rings is 1. The second-order valence-corrected chi connectivity index (χ2v) is 9.67. The second-order valence-electron chi connectivity index (χ2n) is 9.29. The van der Waals surface area contributed by atoms with Crippen molar-refractivity contribution in [3.63, 3.8) is 0 Å². The van der Waals surface area contributed by atoms with Crippen molar-refractivity contribution in [1.29, 1.82) is 0 Å². The molecular weight excluding hydrogens is 474 g/mol. The lowest BCUT2D eigenvalue weighted by atomic mass is 9.96. The summed E-state index contributed by atoms with van der Waals surface area (Å²) in [6.07, 6.45) is 1.82. The van der Waals surface area contributed by atoms with Crippen molar-refractivity contribution in [2.45, 2.75) is 25.9 Å². The molecule has 188 valence electrons. The molecule has 9 heteroatoms. The predicted molar refractivity (Wildman–Crippen MR) is 142 cm³/mol. The van der Waals surface area contributed by atoms with E-state index in [9.17, 15) is 9.90 Å². The molecule has 8 nitrogen and oxygen atoms in total. The van der Waals surface area contributed by atoms with Gasteiger partial charge in [-0.3, -0.25) is 9.88 Å². The van der Waals surface area contributed by atoms with Crippen molar-refractivity contribution in [1.82, 2.24) is 24.7 Å². The Morgan fingerprint density at radius 3 is 2.56 bits per heavy atom. The standard InChI is InChI=1S/C27H31N5O3S/c1-18-17-22(19(2)32(18)21-8-6-20(7-9-21)26(33)34)25-24(23-5-3-4-10-28-23)29-27(36)31(25)12-11-30-13-15-35-16-14-30/h3-10,17,24-25H,11-16H2,1-2H3,(H,29,36)(H,33,34). The van der Waals surface area contributed by atoms with Gasteiger partial charge in [0.25, 0.3) is 0 Å². The average Bonchev–Trinajstić information content (AvgIpc) is 3.38. The Balaban J connectivity index is 1.51. The minimum Gasteiger partial charge on any atom is -0.478 e. The summed E-state index contributed by atoms with van der Waals surface area (Å²) >= 11 is 5.86. The molecule has 2 fully saturated rings. The van der Waals surface area contributed by atoms with Gasteiger partial charge < -0.3 is 24.6 Å². The van der Waals surface area contributed by atoms with E-state index < -0.39 is 5.97 Å². The molecule has 0 radical (unpaired) electrons. The molecule has 0 saturated carbocycles. The fourth-order valence-electron chi connectivity index (χ4n) is 5.30. The van der Waals surface area contributed by atoms with E-state index in [-0.39, 0.29) is 17.6 Å². The van der Waals surface area contributed by atoms with Gasteiger partial charge in [0.05, 0.1) is 36.6 Å². The lowest BCUT2D eigenvalue weighted by molar-refractivity contribution is 0.0350. The zero-order valence-corrected chi connectivity index (χ0v) is 21.4. The van der Waals surface area contributed by atoms with E-state index in [0.717, 1.165) is 67.3 Å².